The number of anilines is 1. The van der Waals surface area contributed by atoms with Crippen LogP contribution in [0, 0.1) is 5.92 Å². The van der Waals surface area contributed by atoms with E-state index in [1.54, 1.807) is 30.6 Å². The molecule has 1 fully saturated rings. The van der Waals surface area contributed by atoms with Crippen LogP contribution in [0.1, 0.15) is 12.8 Å². The zero-order chi connectivity index (χ0) is 18.7. The molecule has 0 saturated carbocycles. The van der Waals surface area contributed by atoms with Crippen LogP contribution < -0.4 is 9.62 Å². The second-order valence-corrected chi connectivity index (χ2v) is 8.54. The van der Waals surface area contributed by atoms with Crippen LogP contribution in [-0.2, 0) is 10.0 Å². The van der Waals surface area contributed by atoms with Crippen molar-refractivity contribution in [1.82, 2.24) is 14.7 Å². The number of benzene rings is 2. The lowest BCUT2D eigenvalue weighted by Crippen LogP contribution is -2.39. The van der Waals surface area contributed by atoms with Gasteiger partial charge < -0.3 is 4.90 Å². The molecule has 27 heavy (non-hydrogen) atoms. The van der Waals surface area contributed by atoms with E-state index in [1.807, 2.05) is 30.3 Å². The quantitative estimate of drug-likeness (QED) is 0.734. The molecule has 0 bridgehead atoms. The van der Waals surface area contributed by atoms with Crippen LogP contribution in [0.4, 0.5) is 5.95 Å². The zero-order valence-electron chi connectivity index (χ0n) is 15.0. The molecule has 0 spiro atoms. The number of sulfonamides is 1. The number of rotatable bonds is 5. The summed E-state index contributed by atoms with van der Waals surface area (Å²) in [6, 6.07) is 14.7. The van der Waals surface area contributed by atoms with Gasteiger partial charge in [-0.1, -0.05) is 36.4 Å². The Morgan fingerprint density at radius 3 is 2.44 bits per heavy atom. The molecule has 0 unspecified atom stereocenters. The zero-order valence-corrected chi connectivity index (χ0v) is 15.8. The normalized spacial score (nSPS) is 15.9. The van der Waals surface area contributed by atoms with Crippen LogP contribution in [0.2, 0.25) is 0 Å². The van der Waals surface area contributed by atoms with E-state index in [0.717, 1.165) is 42.7 Å². The minimum absolute atomic E-state index is 0.315. The minimum atomic E-state index is -3.54. The molecule has 1 aliphatic heterocycles. The number of piperidine rings is 1. The first-order chi connectivity index (χ1) is 13.1. The molecule has 1 aliphatic rings. The maximum absolute atomic E-state index is 12.8. The van der Waals surface area contributed by atoms with Gasteiger partial charge in [0.2, 0.25) is 16.0 Å². The molecule has 0 atom stereocenters. The fraction of sp³-hybridized carbons (Fsp3) is 0.300. The van der Waals surface area contributed by atoms with Gasteiger partial charge in [-0.3, -0.25) is 0 Å². The molecule has 0 amide bonds. The predicted octanol–water partition coefficient (Wildman–Crippen LogP) is 2.82. The molecular weight excluding hydrogens is 360 g/mol. The molecule has 1 aromatic heterocycles. The van der Waals surface area contributed by atoms with Crippen LogP contribution >= 0.6 is 0 Å². The minimum Gasteiger partial charge on any atom is -0.341 e. The monoisotopic (exact) mass is 382 g/mol. The van der Waals surface area contributed by atoms with E-state index in [-0.39, 0.29) is 0 Å². The SMILES string of the molecule is O=S(=O)(NCC1CCN(c2ncccn2)CC1)c1cccc2ccccc12. The second kappa shape index (κ2) is 7.62. The summed E-state index contributed by atoms with van der Waals surface area (Å²) >= 11 is 0. The Morgan fingerprint density at radius 1 is 0.963 bits per heavy atom. The Balaban J connectivity index is 1.40. The average Bonchev–Trinajstić information content (AvgIpc) is 2.73. The van der Waals surface area contributed by atoms with Crippen LogP contribution in [0.25, 0.3) is 10.8 Å². The third-order valence-corrected chi connectivity index (χ3v) is 6.53. The van der Waals surface area contributed by atoms with E-state index in [1.165, 1.54) is 0 Å². The van der Waals surface area contributed by atoms with Crippen molar-refractivity contribution in [3.05, 3.63) is 60.9 Å². The maximum Gasteiger partial charge on any atom is 0.241 e. The number of hydrogen-bond acceptors (Lipinski definition) is 5. The molecule has 1 N–H and O–H groups in total. The summed E-state index contributed by atoms with van der Waals surface area (Å²) in [6.45, 7) is 2.13. The molecule has 140 valence electrons. The first-order valence-electron chi connectivity index (χ1n) is 9.13. The largest absolute Gasteiger partial charge is 0.341 e. The summed E-state index contributed by atoms with van der Waals surface area (Å²) in [4.78, 5) is 11.1. The average molecular weight is 382 g/mol. The van der Waals surface area contributed by atoms with Gasteiger partial charge in [0, 0.05) is 37.4 Å². The summed E-state index contributed by atoms with van der Waals surface area (Å²) in [7, 11) is -3.54. The van der Waals surface area contributed by atoms with E-state index >= 15 is 0 Å². The molecule has 0 radical (unpaired) electrons. The molecular formula is C20H22N4O2S. The highest BCUT2D eigenvalue weighted by Gasteiger charge is 2.23. The molecule has 4 rings (SSSR count). The Kier molecular flexibility index (Phi) is 5.05. The first-order valence-corrected chi connectivity index (χ1v) is 10.6. The highest BCUT2D eigenvalue weighted by atomic mass is 32.2. The predicted molar refractivity (Wildman–Crippen MR) is 106 cm³/mol. The van der Waals surface area contributed by atoms with E-state index in [9.17, 15) is 8.42 Å². The Labute approximate surface area is 159 Å². The Bertz CT molecular complexity index is 1010. The van der Waals surface area contributed by atoms with Gasteiger partial charge in [0.15, 0.2) is 0 Å². The number of nitrogens with one attached hydrogen (secondary N) is 1. The molecule has 1 saturated heterocycles. The Hall–Kier alpha value is -2.51. The maximum atomic E-state index is 12.8. The fourth-order valence-electron chi connectivity index (χ4n) is 3.53. The van der Waals surface area contributed by atoms with E-state index in [0.29, 0.717) is 17.4 Å². The fourth-order valence-corrected chi connectivity index (χ4v) is 4.87. The molecule has 2 aromatic carbocycles. The van der Waals surface area contributed by atoms with E-state index < -0.39 is 10.0 Å². The topological polar surface area (TPSA) is 75.2 Å². The summed E-state index contributed by atoms with van der Waals surface area (Å²) < 4.78 is 28.5. The lowest BCUT2D eigenvalue weighted by molar-refractivity contribution is 0.399. The Morgan fingerprint density at radius 2 is 1.67 bits per heavy atom. The standard InChI is InChI=1S/C20H22N4O2S/c25-27(26,19-8-3-6-17-5-1-2-7-18(17)19)23-15-16-9-13-24(14-10-16)20-21-11-4-12-22-20/h1-8,11-12,16,23H,9-10,13-15H2. The molecule has 3 aromatic rings. The lowest BCUT2D eigenvalue weighted by atomic mass is 9.97. The highest BCUT2D eigenvalue weighted by molar-refractivity contribution is 7.89. The summed E-state index contributed by atoms with van der Waals surface area (Å²) in [5.41, 5.74) is 0. The van der Waals surface area contributed by atoms with Crippen molar-refractivity contribution in [3.8, 4) is 0 Å². The van der Waals surface area contributed by atoms with Crippen molar-refractivity contribution in [2.24, 2.45) is 5.92 Å². The van der Waals surface area contributed by atoms with Crippen molar-refractivity contribution in [1.29, 1.82) is 0 Å². The van der Waals surface area contributed by atoms with Crippen molar-refractivity contribution in [2.75, 3.05) is 24.5 Å². The van der Waals surface area contributed by atoms with Gasteiger partial charge in [-0.15, -0.1) is 0 Å². The van der Waals surface area contributed by atoms with Gasteiger partial charge in [0.05, 0.1) is 4.90 Å². The highest BCUT2D eigenvalue weighted by Crippen LogP contribution is 2.24. The molecule has 7 heteroatoms. The van der Waals surface area contributed by atoms with Gasteiger partial charge >= 0.3 is 0 Å². The summed E-state index contributed by atoms with van der Waals surface area (Å²) in [5, 5.41) is 1.68. The molecule has 2 heterocycles. The van der Waals surface area contributed by atoms with Crippen LogP contribution in [0.3, 0.4) is 0 Å². The number of aromatic nitrogens is 2. The number of fused-ring (bicyclic) bond motifs is 1. The summed E-state index contributed by atoms with van der Waals surface area (Å²) in [5.74, 6) is 1.06. The number of hydrogen-bond donors (Lipinski definition) is 1. The van der Waals surface area contributed by atoms with Crippen LogP contribution in [0.15, 0.2) is 65.8 Å². The molecule has 0 aliphatic carbocycles. The van der Waals surface area contributed by atoms with Gasteiger partial charge in [-0.25, -0.2) is 23.1 Å². The van der Waals surface area contributed by atoms with Crippen molar-refractivity contribution >= 4 is 26.7 Å². The third kappa shape index (κ3) is 3.94. The first kappa shape index (κ1) is 17.9. The number of nitrogens with zero attached hydrogens (tertiary/aromatic N) is 3. The van der Waals surface area contributed by atoms with Crippen molar-refractivity contribution in [2.45, 2.75) is 17.7 Å². The van der Waals surface area contributed by atoms with Crippen LogP contribution in [-0.4, -0.2) is 38.0 Å². The summed E-state index contributed by atoms with van der Waals surface area (Å²) in [6.07, 6.45) is 5.31. The smallest absolute Gasteiger partial charge is 0.241 e. The van der Waals surface area contributed by atoms with E-state index in [2.05, 4.69) is 19.6 Å². The van der Waals surface area contributed by atoms with Crippen molar-refractivity contribution < 1.29 is 8.42 Å². The van der Waals surface area contributed by atoms with Gasteiger partial charge in [0.25, 0.3) is 0 Å². The lowest BCUT2D eigenvalue weighted by Gasteiger charge is -2.31. The van der Waals surface area contributed by atoms with Gasteiger partial charge in [-0.05, 0) is 36.3 Å². The van der Waals surface area contributed by atoms with Crippen molar-refractivity contribution in [3.63, 3.8) is 0 Å². The molecule has 6 nitrogen and oxygen atoms in total. The van der Waals surface area contributed by atoms with E-state index in [4.69, 9.17) is 0 Å². The second-order valence-electron chi connectivity index (χ2n) is 6.81. The van der Waals surface area contributed by atoms with Crippen LogP contribution in [0.5, 0.6) is 0 Å². The third-order valence-electron chi connectivity index (χ3n) is 5.05. The van der Waals surface area contributed by atoms with Gasteiger partial charge in [0.1, 0.15) is 0 Å². The van der Waals surface area contributed by atoms with Gasteiger partial charge in [-0.2, -0.15) is 0 Å².